The molecule has 7 heteroatoms. The highest BCUT2D eigenvalue weighted by molar-refractivity contribution is 9.10. The lowest BCUT2D eigenvalue weighted by Gasteiger charge is -2.20. The highest BCUT2D eigenvalue weighted by Crippen LogP contribution is 2.30. The molecule has 124 valence electrons. The Morgan fingerprint density at radius 2 is 1.91 bits per heavy atom. The molecule has 0 N–H and O–H groups in total. The first-order chi connectivity index (χ1) is 10.9. The zero-order chi connectivity index (χ0) is 17.0. The number of halogens is 1. The fourth-order valence-electron chi connectivity index (χ4n) is 2.04. The maximum atomic E-state index is 12.8. The van der Waals surface area contributed by atoms with Gasteiger partial charge in [0.15, 0.2) is 0 Å². The van der Waals surface area contributed by atoms with E-state index >= 15 is 0 Å². The van der Waals surface area contributed by atoms with Gasteiger partial charge in [0.25, 0.3) is 10.0 Å². The van der Waals surface area contributed by atoms with Gasteiger partial charge in [-0.3, -0.25) is 4.31 Å². The lowest BCUT2D eigenvalue weighted by molar-refractivity contribution is 0.340. The summed E-state index contributed by atoms with van der Waals surface area (Å²) in [5.41, 5.74) is 0.530. The molecule has 0 aliphatic rings. The Hall–Kier alpha value is -1.73. The third kappa shape index (κ3) is 3.79. The highest BCUT2D eigenvalue weighted by Gasteiger charge is 2.22. The van der Waals surface area contributed by atoms with Crippen molar-refractivity contribution in [1.29, 1.82) is 0 Å². The number of anilines is 1. The molecule has 0 bridgehead atoms. The quantitative estimate of drug-likeness (QED) is 0.743. The van der Waals surface area contributed by atoms with Gasteiger partial charge in [-0.15, -0.1) is 0 Å². The second-order valence-electron chi connectivity index (χ2n) is 4.70. The summed E-state index contributed by atoms with van der Waals surface area (Å²) >= 11 is 3.31. The summed E-state index contributed by atoms with van der Waals surface area (Å²) in [6, 6.07) is 11.6. The smallest absolute Gasteiger partial charge is 0.264 e. The molecule has 2 aromatic rings. The Labute approximate surface area is 145 Å². The van der Waals surface area contributed by atoms with E-state index in [1.165, 1.54) is 30.6 Å². The van der Waals surface area contributed by atoms with Crippen LogP contribution in [0.2, 0.25) is 0 Å². The molecule has 0 fully saturated rings. The fourth-order valence-corrected chi connectivity index (χ4v) is 3.95. The molecular weight excluding hydrogens is 382 g/mol. The summed E-state index contributed by atoms with van der Waals surface area (Å²) in [6.45, 7) is 2.40. The van der Waals surface area contributed by atoms with Gasteiger partial charge >= 0.3 is 0 Å². The Bertz CT molecular complexity index is 792. The van der Waals surface area contributed by atoms with Crippen molar-refractivity contribution in [3.05, 3.63) is 46.9 Å². The standard InChI is InChI=1S/C16H18BrNO4S/c1-4-22-13-7-5-6-12(10-13)18(2)23(19,20)14-8-9-16(21-3)15(17)11-14/h5-11H,4H2,1-3H3. The van der Waals surface area contributed by atoms with Crippen molar-refractivity contribution >= 4 is 31.6 Å². The molecule has 0 aromatic heterocycles. The summed E-state index contributed by atoms with van der Waals surface area (Å²) in [5, 5.41) is 0. The average Bonchev–Trinajstić information content (AvgIpc) is 2.54. The van der Waals surface area contributed by atoms with Gasteiger partial charge < -0.3 is 9.47 Å². The molecule has 2 aromatic carbocycles. The predicted octanol–water partition coefficient (Wildman–Crippen LogP) is 3.68. The van der Waals surface area contributed by atoms with Crippen molar-refractivity contribution < 1.29 is 17.9 Å². The zero-order valence-corrected chi connectivity index (χ0v) is 15.5. The lowest BCUT2D eigenvalue weighted by atomic mass is 10.3. The van der Waals surface area contributed by atoms with Crippen LogP contribution in [0.25, 0.3) is 0 Å². The van der Waals surface area contributed by atoms with Crippen molar-refractivity contribution in [3.8, 4) is 11.5 Å². The van der Waals surface area contributed by atoms with E-state index in [0.717, 1.165) is 0 Å². The second kappa shape index (κ2) is 7.23. The normalized spacial score (nSPS) is 11.1. The van der Waals surface area contributed by atoms with Crippen molar-refractivity contribution in [2.45, 2.75) is 11.8 Å². The number of benzene rings is 2. The van der Waals surface area contributed by atoms with E-state index in [0.29, 0.717) is 28.3 Å². The SMILES string of the molecule is CCOc1cccc(N(C)S(=O)(=O)c2ccc(OC)c(Br)c2)c1. The first-order valence-corrected chi connectivity index (χ1v) is 9.18. The summed E-state index contributed by atoms with van der Waals surface area (Å²) in [6.07, 6.45) is 0. The highest BCUT2D eigenvalue weighted by atomic mass is 79.9. The van der Waals surface area contributed by atoms with Gasteiger partial charge in [0.2, 0.25) is 0 Å². The first-order valence-electron chi connectivity index (χ1n) is 6.95. The van der Waals surface area contributed by atoms with Crippen molar-refractivity contribution in [3.63, 3.8) is 0 Å². The Morgan fingerprint density at radius 3 is 2.52 bits per heavy atom. The summed E-state index contributed by atoms with van der Waals surface area (Å²) < 4.78 is 37.9. The van der Waals surface area contributed by atoms with E-state index in [1.54, 1.807) is 30.3 Å². The summed E-state index contributed by atoms with van der Waals surface area (Å²) in [5.74, 6) is 1.20. The minimum absolute atomic E-state index is 0.175. The second-order valence-corrected chi connectivity index (χ2v) is 7.52. The minimum Gasteiger partial charge on any atom is -0.496 e. The van der Waals surface area contributed by atoms with Crippen LogP contribution in [0.15, 0.2) is 51.8 Å². The molecule has 0 radical (unpaired) electrons. The van der Waals surface area contributed by atoms with Gasteiger partial charge in [-0.05, 0) is 53.2 Å². The largest absolute Gasteiger partial charge is 0.496 e. The number of ether oxygens (including phenoxy) is 2. The van der Waals surface area contributed by atoms with Gasteiger partial charge in [-0.1, -0.05) is 6.07 Å². The fraction of sp³-hybridized carbons (Fsp3) is 0.250. The molecule has 0 atom stereocenters. The van der Waals surface area contributed by atoms with E-state index in [1.807, 2.05) is 6.92 Å². The molecule has 5 nitrogen and oxygen atoms in total. The van der Waals surface area contributed by atoms with E-state index in [2.05, 4.69) is 15.9 Å². The number of sulfonamides is 1. The maximum Gasteiger partial charge on any atom is 0.264 e. The summed E-state index contributed by atoms with van der Waals surface area (Å²) in [4.78, 5) is 0.175. The number of hydrogen-bond donors (Lipinski definition) is 0. The molecule has 0 saturated carbocycles. The zero-order valence-electron chi connectivity index (χ0n) is 13.1. The average molecular weight is 400 g/mol. The van der Waals surface area contributed by atoms with Gasteiger partial charge in [0, 0.05) is 13.1 Å². The van der Waals surface area contributed by atoms with Crippen molar-refractivity contribution in [2.24, 2.45) is 0 Å². The van der Waals surface area contributed by atoms with Gasteiger partial charge in [0.05, 0.1) is 28.8 Å². The first kappa shape index (κ1) is 17.6. The van der Waals surface area contributed by atoms with Crippen LogP contribution in [-0.4, -0.2) is 29.2 Å². The van der Waals surface area contributed by atoms with Crippen molar-refractivity contribution in [1.82, 2.24) is 0 Å². The van der Waals surface area contributed by atoms with Crippen LogP contribution in [-0.2, 0) is 10.0 Å². The maximum absolute atomic E-state index is 12.8. The third-order valence-corrected chi connectivity index (χ3v) is 5.68. The Morgan fingerprint density at radius 1 is 1.17 bits per heavy atom. The van der Waals surface area contributed by atoms with Crippen LogP contribution in [0.5, 0.6) is 11.5 Å². The van der Waals surface area contributed by atoms with E-state index in [4.69, 9.17) is 9.47 Å². The predicted molar refractivity (Wildman–Crippen MR) is 93.9 cm³/mol. The molecule has 0 aliphatic carbocycles. The number of hydrogen-bond acceptors (Lipinski definition) is 4. The van der Waals surface area contributed by atoms with Gasteiger partial charge in [-0.25, -0.2) is 8.42 Å². The monoisotopic (exact) mass is 399 g/mol. The molecule has 0 spiro atoms. The lowest BCUT2D eigenvalue weighted by Crippen LogP contribution is -2.26. The molecule has 0 heterocycles. The number of methoxy groups -OCH3 is 1. The van der Waals surface area contributed by atoms with Crippen LogP contribution in [0.3, 0.4) is 0 Å². The van der Waals surface area contributed by atoms with Gasteiger partial charge in [-0.2, -0.15) is 0 Å². The van der Waals surface area contributed by atoms with Crippen LogP contribution in [0, 0.1) is 0 Å². The Kier molecular flexibility index (Phi) is 5.54. The molecule has 0 unspecified atom stereocenters. The van der Waals surface area contributed by atoms with E-state index < -0.39 is 10.0 Å². The van der Waals surface area contributed by atoms with Crippen LogP contribution >= 0.6 is 15.9 Å². The number of rotatable bonds is 6. The van der Waals surface area contributed by atoms with Crippen LogP contribution in [0.4, 0.5) is 5.69 Å². The third-order valence-electron chi connectivity index (χ3n) is 3.27. The summed E-state index contributed by atoms with van der Waals surface area (Å²) in [7, 11) is -0.639. The van der Waals surface area contributed by atoms with Gasteiger partial charge in [0.1, 0.15) is 11.5 Å². The van der Waals surface area contributed by atoms with Crippen LogP contribution in [0.1, 0.15) is 6.92 Å². The van der Waals surface area contributed by atoms with E-state index in [-0.39, 0.29) is 4.90 Å². The topological polar surface area (TPSA) is 55.8 Å². The molecular formula is C16H18BrNO4S. The van der Waals surface area contributed by atoms with Crippen LogP contribution < -0.4 is 13.8 Å². The molecule has 23 heavy (non-hydrogen) atoms. The number of nitrogens with zero attached hydrogens (tertiary/aromatic N) is 1. The Balaban J connectivity index is 2.38. The molecule has 0 saturated heterocycles. The molecule has 0 aliphatic heterocycles. The molecule has 0 amide bonds. The molecule has 2 rings (SSSR count). The minimum atomic E-state index is -3.68. The van der Waals surface area contributed by atoms with Crippen molar-refractivity contribution in [2.75, 3.05) is 25.1 Å². The van der Waals surface area contributed by atoms with E-state index in [9.17, 15) is 8.42 Å².